The van der Waals surface area contributed by atoms with E-state index >= 15 is 0 Å². The van der Waals surface area contributed by atoms with Crippen LogP contribution >= 0.6 is 22.7 Å². The maximum atomic E-state index is 12.6. The molecular formula is C30H24N6O3S2. The quantitative estimate of drug-likeness (QED) is 0.269. The number of ether oxygens (including phenoxy) is 1. The molecule has 2 heterocycles. The van der Waals surface area contributed by atoms with E-state index in [0.29, 0.717) is 32.2 Å². The standard InChI is InChI=1S/C30H24N6O3S2/c1-35-23-7-3-5-9-25(23)40-29(35)33-31-27(37)19-11-15-21(16-12-19)39-22-17-13-20(14-18-22)28(38)32-34-30-36(2)24-8-4-6-10-26(24)41-30/h3-18H,1-2H3,(H,31,37)(H,32,38)/b33-29-,34-30-. The van der Waals surface area contributed by atoms with Gasteiger partial charge in [0.05, 0.1) is 20.4 Å². The number of amides is 2. The largest absolute Gasteiger partial charge is 0.457 e. The maximum Gasteiger partial charge on any atom is 0.271 e. The van der Waals surface area contributed by atoms with Crippen LogP contribution < -0.4 is 25.2 Å². The second-order valence-electron chi connectivity index (χ2n) is 9.08. The summed E-state index contributed by atoms with van der Waals surface area (Å²) in [4.78, 5) is 26.6. The minimum absolute atomic E-state index is 0.320. The van der Waals surface area contributed by atoms with Crippen molar-refractivity contribution in [2.45, 2.75) is 0 Å². The Morgan fingerprint density at radius 1 is 0.610 bits per heavy atom. The van der Waals surface area contributed by atoms with Crippen LogP contribution in [0.5, 0.6) is 11.5 Å². The zero-order valence-corrected chi connectivity index (χ0v) is 23.7. The van der Waals surface area contributed by atoms with Gasteiger partial charge in [-0.15, -0.1) is 10.2 Å². The molecule has 0 aliphatic rings. The van der Waals surface area contributed by atoms with Gasteiger partial charge in [-0.2, -0.15) is 0 Å². The van der Waals surface area contributed by atoms with E-state index in [9.17, 15) is 9.59 Å². The molecule has 11 heteroatoms. The first-order valence-corrected chi connectivity index (χ1v) is 14.2. The number of aromatic nitrogens is 2. The van der Waals surface area contributed by atoms with Crippen molar-refractivity contribution in [3.05, 3.63) is 118 Å². The molecule has 2 aromatic heterocycles. The molecule has 0 saturated heterocycles. The number of benzene rings is 4. The summed E-state index contributed by atoms with van der Waals surface area (Å²) in [5.74, 6) is 0.468. The molecule has 4 aromatic carbocycles. The van der Waals surface area contributed by atoms with Crippen LogP contribution in [-0.2, 0) is 14.1 Å². The first-order chi connectivity index (χ1) is 20.0. The summed E-state index contributed by atoms with van der Waals surface area (Å²) in [6.45, 7) is 0. The van der Waals surface area contributed by atoms with Gasteiger partial charge in [0.15, 0.2) is 0 Å². The lowest BCUT2D eigenvalue weighted by molar-refractivity contribution is 0.0945. The van der Waals surface area contributed by atoms with E-state index in [2.05, 4.69) is 21.1 Å². The molecule has 0 radical (unpaired) electrons. The Balaban J connectivity index is 1.07. The Labute approximate surface area is 242 Å². The SMILES string of the molecule is Cn1/c(=N/NC(=O)c2ccc(Oc3ccc(C(=O)N/N=c4\sc5ccccc5n4C)cc3)cc2)sc2ccccc21. The molecule has 0 saturated carbocycles. The average Bonchev–Trinajstić information content (AvgIpc) is 3.51. The molecular weight excluding hydrogens is 557 g/mol. The van der Waals surface area contributed by atoms with Crippen molar-refractivity contribution in [3.8, 4) is 11.5 Å². The molecule has 9 nitrogen and oxygen atoms in total. The third-order valence-electron chi connectivity index (χ3n) is 6.40. The lowest BCUT2D eigenvalue weighted by Crippen LogP contribution is -2.23. The predicted octanol–water partition coefficient (Wildman–Crippen LogP) is 5.08. The van der Waals surface area contributed by atoms with Gasteiger partial charge in [0.2, 0.25) is 9.60 Å². The van der Waals surface area contributed by atoms with Crippen LogP contribution in [0.4, 0.5) is 0 Å². The summed E-state index contributed by atoms with van der Waals surface area (Å²) in [5.41, 5.74) is 8.25. The Morgan fingerprint density at radius 2 is 1.00 bits per heavy atom. The van der Waals surface area contributed by atoms with E-state index in [1.807, 2.05) is 71.8 Å². The number of hydrogen-bond donors (Lipinski definition) is 2. The van der Waals surface area contributed by atoms with Crippen molar-refractivity contribution < 1.29 is 14.3 Å². The van der Waals surface area contributed by atoms with Gasteiger partial charge in [0.1, 0.15) is 11.5 Å². The highest BCUT2D eigenvalue weighted by molar-refractivity contribution is 7.16. The highest BCUT2D eigenvalue weighted by Gasteiger charge is 2.09. The first kappa shape index (κ1) is 26.2. The summed E-state index contributed by atoms with van der Waals surface area (Å²) >= 11 is 3.00. The molecule has 0 aliphatic heterocycles. The number of fused-ring (bicyclic) bond motifs is 2. The van der Waals surface area contributed by atoms with Crippen molar-refractivity contribution in [3.63, 3.8) is 0 Å². The molecule has 204 valence electrons. The molecule has 0 aliphatic carbocycles. The van der Waals surface area contributed by atoms with Crippen LogP contribution in [0.2, 0.25) is 0 Å². The molecule has 0 bridgehead atoms. The zero-order valence-electron chi connectivity index (χ0n) is 22.1. The molecule has 41 heavy (non-hydrogen) atoms. The van der Waals surface area contributed by atoms with Crippen LogP contribution in [0.25, 0.3) is 20.4 Å². The number of rotatable bonds is 6. The normalized spacial score (nSPS) is 12.1. The van der Waals surface area contributed by atoms with E-state index in [-0.39, 0.29) is 11.8 Å². The van der Waals surface area contributed by atoms with Gasteiger partial charge in [-0.3, -0.25) is 9.59 Å². The van der Waals surface area contributed by atoms with Crippen LogP contribution in [0, 0.1) is 0 Å². The Hall–Kier alpha value is -5.00. The van der Waals surface area contributed by atoms with Gasteiger partial charge in [-0.1, -0.05) is 46.9 Å². The van der Waals surface area contributed by atoms with Crippen molar-refractivity contribution in [1.29, 1.82) is 0 Å². The number of aryl methyl sites for hydroxylation is 2. The van der Waals surface area contributed by atoms with E-state index in [0.717, 1.165) is 20.4 Å². The summed E-state index contributed by atoms with van der Waals surface area (Å²) in [7, 11) is 3.83. The molecule has 0 unspecified atom stereocenters. The van der Waals surface area contributed by atoms with Gasteiger partial charge in [-0.25, -0.2) is 10.9 Å². The lowest BCUT2D eigenvalue weighted by Gasteiger charge is -2.07. The summed E-state index contributed by atoms with van der Waals surface area (Å²) < 4.78 is 11.9. The minimum Gasteiger partial charge on any atom is -0.457 e. The number of para-hydroxylation sites is 2. The van der Waals surface area contributed by atoms with Gasteiger partial charge >= 0.3 is 0 Å². The molecule has 6 rings (SSSR count). The minimum atomic E-state index is -0.320. The molecule has 6 aromatic rings. The van der Waals surface area contributed by atoms with E-state index in [1.165, 1.54) is 22.7 Å². The summed E-state index contributed by atoms with van der Waals surface area (Å²) in [6.07, 6.45) is 0. The Bertz CT molecular complexity index is 1890. The second kappa shape index (κ2) is 11.2. The Kier molecular flexibility index (Phi) is 7.19. The predicted molar refractivity (Wildman–Crippen MR) is 161 cm³/mol. The molecule has 0 fully saturated rings. The molecule has 2 amide bonds. The second-order valence-corrected chi connectivity index (χ2v) is 11.1. The molecule has 0 spiro atoms. The zero-order chi connectivity index (χ0) is 28.3. The highest BCUT2D eigenvalue weighted by Crippen LogP contribution is 2.22. The highest BCUT2D eigenvalue weighted by atomic mass is 32.1. The number of carbonyl (C=O) groups is 2. The van der Waals surface area contributed by atoms with E-state index in [4.69, 9.17) is 4.74 Å². The maximum absolute atomic E-state index is 12.6. The van der Waals surface area contributed by atoms with Crippen LogP contribution in [0.1, 0.15) is 20.7 Å². The lowest BCUT2D eigenvalue weighted by atomic mass is 10.2. The number of carbonyl (C=O) groups excluding carboxylic acids is 2. The average molecular weight is 581 g/mol. The number of nitrogens with one attached hydrogen (secondary N) is 2. The summed E-state index contributed by atoms with van der Waals surface area (Å²) in [5, 5.41) is 8.57. The van der Waals surface area contributed by atoms with Gasteiger partial charge in [0.25, 0.3) is 11.8 Å². The van der Waals surface area contributed by atoms with Crippen molar-refractivity contribution in [2.75, 3.05) is 0 Å². The molecule has 2 N–H and O–H groups in total. The van der Waals surface area contributed by atoms with Crippen molar-refractivity contribution in [1.82, 2.24) is 20.0 Å². The number of thiazole rings is 2. The topological polar surface area (TPSA) is 102 Å². The van der Waals surface area contributed by atoms with Crippen LogP contribution in [0.3, 0.4) is 0 Å². The summed E-state index contributed by atoms with van der Waals surface area (Å²) in [6, 6.07) is 29.5. The third kappa shape index (κ3) is 5.53. The van der Waals surface area contributed by atoms with E-state index in [1.54, 1.807) is 48.5 Å². The number of hydrogen-bond acceptors (Lipinski definition) is 7. The van der Waals surface area contributed by atoms with Crippen LogP contribution in [-0.4, -0.2) is 20.9 Å². The van der Waals surface area contributed by atoms with E-state index < -0.39 is 0 Å². The van der Waals surface area contributed by atoms with Gasteiger partial charge in [0, 0.05) is 25.2 Å². The number of nitrogens with zero attached hydrogens (tertiary/aromatic N) is 4. The fourth-order valence-corrected chi connectivity index (χ4v) is 6.15. The first-order valence-electron chi connectivity index (χ1n) is 12.6. The monoisotopic (exact) mass is 580 g/mol. The van der Waals surface area contributed by atoms with Crippen LogP contribution in [0.15, 0.2) is 107 Å². The smallest absolute Gasteiger partial charge is 0.271 e. The Morgan fingerprint density at radius 3 is 1.39 bits per heavy atom. The fourth-order valence-electron chi connectivity index (χ4n) is 4.19. The van der Waals surface area contributed by atoms with Gasteiger partial charge < -0.3 is 13.9 Å². The fraction of sp³-hybridized carbons (Fsp3) is 0.0667. The third-order valence-corrected chi connectivity index (χ3v) is 8.63. The van der Waals surface area contributed by atoms with Crippen molar-refractivity contribution in [2.24, 2.45) is 24.3 Å². The van der Waals surface area contributed by atoms with Gasteiger partial charge in [-0.05, 0) is 72.8 Å². The van der Waals surface area contributed by atoms with Crippen molar-refractivity contribution >= 4 is 54.9 Å². The molecule has 0 atom stereocenters.